The predicted octanol–water partition coefficient (Wildman–Crippen LogP) is 2.50. The summed E-state index contributed by atoms with van der Waals surface area (Å²) >= 11 is 1.69. The summed E-state index contributed by atoms with van der Waals surface area (Å²) in [5.74, 6) is 0.0657. The van der Waals surface area contributed by atoms with Crippen molar-refractivity contribution in [2.24, 2.45) is 0 Å². The Morgan fingerprint density at radius 1 is 1.21 bits per heavy atom. The second-order valence-corrected chi connectivity index (χ2v) is 6.96. The summed E-state index contributed by atoms with van der Waals surface area (Å²) in [6.45, 7) is 1.41. The lowest BCUT2D eigenvalue weighted by Crippen LogP contribution is -2.46. The summed E-state index contributed by atoms with van der Waals surface area (Å²) in [4.78, 5) is 31.6. The summed E-state index contributed by atoms with van der Waals surface area (Å²) in [7, 11) is 0. The number of hydrogen-bond acceptors (Lipinski definition) is 4. The molecule has 1 fully saturated rings. The standard InChI is InChI=1S/C18H21N3O2S/c22-17(7-6-15-4-3-13-24-15)21-11-8-14(9-12-21)20-18(23)16-5-1-2-10-19-16/h1-5,10,13-14H,6-9,11-12H2,(H,20,23). The number of piperidine rings is 1. The summed E-state index contributed by atoms with van der Waals surface area (Å²) in [6.07, 6.45) is 4.58. The molecular weight excluding hydrogens is 322 g/mol. The maximum absolute atomic E-state index is 12.3. The molecule has 3 rings (SSSR count). The molecule has 1 saturated heterocycles. The second-order valence-electron chi connectivity index (χ2n) is 5.92. The normalized spacial score (nSPS) is 15.2. The SMILES string of the molecule is O=C(NC1CCN(C(=O)CCc2cccs2)CC1)c1ccccn1. The monoisotopic (exact) mass is 343 g/mol. The summed E-state index contributed by atoms with van der Waals surface area (Å²) in [5, 5.41) is 5.05. The third-order valence-electron chi connectivity index (χ3n) is 4.25. The van der Waals surface area contributed by atoms with E-state index in [2.05, 4.69) is 16.4 Å². The number of hydrogen-bond donors (Lipinski definition) is 1. The van der Waals surface area contributed by atoms with Gasteiger partial charge in [0.05, 0.1) is 0 Å². The van der Waals surface area contributed by atoms with Crippen LogP contribution in [0.15, 0.2) is 41.9 Å². The fourth-order valence-corrected chi connectivity index (χ4v) is 3.58. The highest BCUT2D eigenvalue weighted by Crippen LogP contribution is 2.15. The molecule has 2 amide bonds. The lowest BCUT2D eigenvalue weighted by Gasteiger charge is -2.32. The van der Waals surface area contributed by atoms with Gasteiger partial charge in [-0.2, -0.15) is 0 Å². The third kappa shape index (κ3) is 4.41. The highest BCUT2D eigenvalue weighted by molar-refractivity contribution is 7.09. The van der Waals surface area contributed by atoms with Crippen LogP contribution in [0.2, 0.25) is 0 Å². The number of carbonyl (C=O) groups excluding carboxylic acids is 2. The first kappa shape index (κ1) is 16.6. The van der Waals surface area contributed by atoms with E-state index in [4.69, 9.17) is 0 Å². The van der Waals surface area contributed by atoms with Gasteiger partial charge in [-0.25, -0.2) is 0 Å². The molecule has 0 unspecified atom stereocenters. The zero-order valence-electron chi connectivity index (χ0n) is 13.5. The van der Waals surface area contributed by atoms with Crippen molar-refractivity contribution >= 4 is 23.2 Å². The molecule has 0 saturated carbocycles. The molecule has 1 aliphatic heterocycles. The molecule has 1 N–H and O–H groups in total. The molecular formula is C18H21N3O2S. The van der Waals surface area contributed by atoms with E-state index in [1.54, 1.807) is 35.7 Å². The number of nitrogens with one attached hydrogen (secondary N) is 1. The van der Waals surface area contributed by atoms with Crippen LogP contribution < -0.4 is 5.32 Å². The van der Waals surface area contributed by atoms with Crippen LogP contribution in [0, 0.1) is 0 Å². The number of amides is 2. The maximum atomic E-state index is 12.3. The fraction of sp³-hybridized carbons (Fsp3) is 0.389. The molecule has 0 aromatic carbocycles. The largest absolute Gasteiger partial charge is 0.348 e. The Hall–Kier alpha value is -2.21. The molecule has 0 bridgehead atoms. The number of likely N-dealkylation sites (tertiary alicyclic amines) is 1. The lowest BCUT2D eigenvalue weighted by molar-refractivity contribution is -0.132. The van der Waals surface area contributed by atoms with E-state index in [1.807, 2.05) is 16.3 Å². The fourth-order valence-electron chi connectivity index (χ4n) is 2.87. The summed E-state index contributed by atoms with van der Waals surface area (Å²) in [5.41, 5.74) is 0.437. The van der Waals surface area contributed by atoms with Gasteiger partial charge in [0.1, 0.15) is 5.69 Å². The van der Waals surface area contributed by atoms with Gasteiger partial charge in [0, 0.05) is 36.6 Å². The van der Waals surface area contributed by atoms with Crippen molar-refractivity contribution in [3.63, 3.8) is 0 Å². The van der Waals surface area contributed by atoms with Crippen LogP contribution in [0.4, 0.5) is 0 Å². The molecule has 126 valence electrons. The van der Waals surface area contributed by atoms with Gasteiger partial charge in [-0.3, -0.25) is 14.6 Å². The van der Waals surface area contributed by atoms with Crippen molar-refractivity contribution in [2.45, 2.75) is 31.7 Å². The van der Waals surface area contributed by atoms with Crippen LogP contribution in [-0.2, 0) is 11.2 Å². The van der Waals surface area contributed by atoms with Gasteiger partial charge in [-0.1, -0.05) is 12.1 Å². The molecule has 0 spiro atoms. The van der Waals surface area contributed by atoms with Crippen LogP contribution in [0.5, 0.6) is 0 Å². The molecule has 6 heteroatoms. The van der Waals surface area contributed by atoms with Crippen LogP contribution >= 0.6 is 11.3 Å². The van der Waals surface area contributed by atoms with Crippen LogP contribution in [0.3, 0.4) is 0 Å². The van der Waals surface area contributed by atoms with Crippen molar-refractivity contribution in [1.82, 2.24) is 15.2 Å². The Bertz CT molecular complexity index is 665. The van der Waals surface area contributed by atoms with Gasteiger partial charge in [-0.05, 0) is 42.8 Å². The molecule has 2 aromatic rings. The number of pyridine rings is 1. The quantitative estimate of drug-likeness (QED) is 0.907. The van der Waals surface area contributed by atoms with Crippen molar-refractivity contribution < 1.29 is 9.59 Å². The average Bonchev–Trinajstić information content (AvgIpc) is 3.14. The van der Waals surface area contributed by atoms with E-state index >= 15 is 0 Å². The molecule has 0 radical (unpaired) electrons. The first-order valence-electron chi connectivity index (χ1n) is 8.24. The van der Waals surface area contributed by atoms with Gasteiger partial charge < -0.3 is 10.2 Å². The Kier molecular flexibility index (Phi) is 5.59. The van der Waals surface area contributed by atoms with Crippen molar-refractivity contribution in [3.8, 4) is 0 Å². The molecule has 5 nitrogen and oxygen atoms in total. The number of thiophene rings is 1. The molecule has 1 aliphatic rings. The average molecular weight is 343 g/mol. The Morgan fingerprint density at radius 2 is 2.04 bits per heavy atom. The predicted molar refractivity (Wildman–Crippen MR) is 93.9 cm³/mol. The van der Waals surface area contributed by atoms with Crippen LogP contribution in [-0.4, -0.2) is 40.8 Å². The van der Waals surface area contributed by atoms with Crippen molar-refractivity contribution in [3.05, 3.63) is 52.5 Å². The van der Waals surface area contributed by atoms with Gasteiger partial charge in [0.25, 0.3) is 5.91 Å². The zero-order valence-corrected chi connectivity index (χ0v) is 14.3. The Morgan fingerprint density at radius 3 is 2.71 bits per heavy atom. The topological polar surface area (TPSA) is 62.3 Å². The molecule has 3 heterocycles. The minimum Gasteiger partial charge on any atom is -0.348 e. The van der Waals surface area contributed by atoms with Gasteiger partial charge >= 0.3 is 0 Å². The number of nitrogens with zero attached hydrogens (tertiary/aromatic N) is 2. The van der Waals surface area contributed by atoms with E-state index in [9.17, 15) is 9.59 Å². The van der Waals surface area contributed by atoms with E-state index in [1.165, 1.54) is 4.88 Å². The number of aryl methyl sites for hydroxylation is 1. The molecule has 0 atom stereocenters. The second kappa shape index (κ2) is 8.06. The van der Waals surface area contributed by atoms with Gasteiger partial charge in [0.2, 0.25) is 5.91 Å². The van der Waals surface area contributed by atoms with Gasteiger partial charge in [-0.15, -0.1) is 11.3 Å². The highest BCUT2D eigenvalue weighted by Gasteiger charge is 2.24. The Labute approximate surface area is 145 Å². The lowest BCUT2D eigenvalue weighted by atomic mass is 10.0. The van der Waals surface area contributed by atoms with Crippen molar-refractivity contribution in [1.29, 1.82) is 0 Å². The maximum Gasteiger partial charge on any atom is 0.270 e. The van der Waals surface area contributed by atoms with E-state index in [0.717, 1.165) is 19.3 Å². The molecule has 24 heavy (non-hydrogen) atoms. The van der Waals surface area contributed by atoms with Crippen LogP contribution in [0.1, 0.15) is 34.6 Å². The number of rotatable bonds is 5. The Balaban J connectivity index is 1.42. The first-order chi connectivity index (χ1) is 11.7. The summed E-state index contributed by atoms with van der Waals surface area (Å²) in [6, 6.07) is 9.49. The minimum absolute atomic E-state index is 0.112. The smallest absolute Gasteiger partial charge is 0.270 e. The minimum atomic E-state index is -0.141. The van der Waals surface area contributed by atoms with Crippen molar-refractivity contribution in [2.75, 3.05) is 13.1 Å². The zero-order chi connectivity index (χ0) is 16.8. The number of carbonyl (C=O) groups is 2. The third-order valence-corrected chi connectivity index (χ3v) is 5.18. The first-order valence-corrected chi connectivity index (χ1v) is 9.12. The summed E-state index contributed by atoms with van der Waals surface area (Å²) < 4.78 is 0. The van der Waals surface area contributed by atoms with E-state index < -0.39 is 0 Å². The molecule has 0 aliphatic carbocycles. The van der Waals surface area contributed by atoms with E-state index in [-0.39, 0.29) is 17.9 Å². The van der Waals surface area contributed by atoms with E-state index in [0.29, 0.717) is 25.2 Å². The highest BCUT2D eigenvalue weighted by atomic mass is 32.1. The molecule has 2 aromatic heterocycles. The van der Waals surface area contributed by atoms with Crippen LogP contribution in [0.25, 0.3) is 0 Å². The van der Waals surface area contributed by atoms with Gasteiger partial charge in [0.15, 0.2) is 0 Å². The number of aromatic nitrogens is 1.